The fourth-order valence-electron chi connectivity index (χ4n) is 1.38. The van der Waals surface area contributed by atoms with Gasteiger partial charge in [0.25, 0.3) is 0 Å². The van der Waals surface area contributed by atoms with Crippen molar-refractivity contribution in [1.82, 2.24) is 0 Å². The molecule has 2 nitrogen and oxygen atoms in total. The number of hydrogen-bond donors (Lipinski definition) is 0. The van der Waals surface area contributed by atoms with Gasteiger partial charge in [-0.3, -0.25) is 0 Å². The van der Waals surface area contributed by atoms with E-state index in [1.807, 2.05) is 18.2 Å². The van der Waals surface area contributed by atoms with Gasteiger partial charge in [0, 0.05) is 18.8 Å². The zero-order chi connectivity index (χ0) is 10.6. The number of benzene rings is 1. The van der Waals surface area contributed by atoms with Crippen LogP contribution in [0.4, 0.5) is 5.69 Å². The molecule has 0 atom stereocenters. The van der Waals surface area contributed by atoms with Gasteiger partial charge in [0.15, 0.2) is 0 Å². The zero-order valence-electron chi connectivity index (χ0n) is 8.42. The molecule has 0 aromatic heterocycles. The van der Waals surface area contributed by atoms with E-state index in [4.69, 9.17) is 16.9 Å². The van der Waals surface area contributed by atoms with Gasteiger partial charge in [-0.25, -0.2) is 0 Å². The van der Waals surface area contributed by atoms with Crippen molar-refractivity contribution in [2.45, 2.75) is 13.8 Å². The molecule has 1 aromatic carbocycles. The molecule has 0 aliphatic rings. The average Bonchev–Trinajstić information content (AvgIpc) is 2.20. The highest BCUT2D eigenvalue weighted by Gasteiger charge is 2.04. The number of nitriles is 1. The minimum atomic E-state index is 0.525. The van der Waals surface area contributed by atoms with E-state index in [2.05, 4.69) is 18.7 Å². The van der Waals surface area contributed by atoms with Gasteiger partial charge < -0.3 is 4.90 Å². The van der Waals surface area contributed by atoms with E-state index in [1.165, 1.54) is 0 Å². The highest BCUT2D eigenvalue weighted by Crippen LogP contribution is 2.22. The maximum atomic E-state index is 8.71. The van der Waals surface area contributed by atoms with Crippen LogP contribution in [0.2, 0.25) is 5.02 Å². The zero-order valence-corrected chi connectivity index (χ0v) is 9.17. The Morgan fingerprint density at radius 1 is 1.36 bits per heavy atom. The van der Waals surface area contributed by atoms with Gasteiger partial charge in [0.1, 0.15) is 6.07 Å². The second-order valence-corrected chi connectivity index (χ2v) is 3.36. The van der Waals surface area contributed by atoms with E-state index < -0.39 is 0 Å². The van der Waals surface area contributed by atoms with Gasteiger partial charge in [0.05, 0.1) is 10.6 Å². The number of halogens is 1. The summed E-state index contributed by atoms with van der Waals surface area (Å²) < 4.78 is 0. The summed E-state index contributed by atoms with van der Waals surface area (Å²) in [4.78, 5) is 2.19. The Kier molecular flexibility index (Phi) is 3.79. The Balaban J connectivity index is 3.02. The van der Waals surface area contributed by atoms with Gasteiger partial charge in [-0.2, -0.15) is 5.26 Å². The number of rotatable bonds is 3. The van der Waals surface area contributed by atoms with Crippen molar-refractivity contribution in [2.24, 2.45) is 0 Å². The summed E-state index contributed by atoms with van der Waals surface area (Å²) in [7, 11) is 0. The van der Waals surface area contributed by atoms with Crippen molar-refractivity contribution >= 4 is 17.3 Å². The van der Waals surface area contributed by atoms with Crippen LogP contribution in [-0.4, -0.2) is 13.1 Å². The number of nitrogens with zero attached hydrogens (tertiary/aromatic N) is 2. The molecule has 0 aliphatic carbocycles. The molecule has 0 heterocycles. The first-order chi connectivity index (χ1) is 6.72. The summed E-state index contributed by atoms with van der Waals surface area (Å²) in [5, 5.41) is 9.24. The minimum absolute atomic E-state index is 0.525. The second kappa shape index (κ2) is 4.88. The van der Waals surface area contributed by atoms with Crippen LogP contribution in [0.3, 0.4) is 0 Å². The Labute approximate surface area is 89.7 Å². The van der Waals surface area contributed by atoms with Gasteiger partial charge in [-0.15, -0.1) is 0 Å². The molecule has 0 fully saturated rings. The first kappa shape index (κ1) is 10.9. The Morgan fingerprint density at radius 2 is 2.00 bits per heavy atom. The van der Waals surface area contributed by atoms with Gasteiger partial charge in [-0.1, -0.05) is 11.6 Å². The van der Waals surface area contributed by atoms with E-state index in [0.29, 0.717) is 10.6 Å². The lowest BCUT2D eigenvalue weighted by Gasteiger charge is -2.21. The van der Waals surface area contributed by atoms with E-state index >= 15 is 0 Å². The molecular formula is C11H13ClN2. The van der Waals surface area contributed by atoms with Crippen LogP contribution in [0.25, 0.3) is 0 Å². The van der Waals surface area contributed by atoms with Crippen molar-refractivity contribution in [3.63, 3.8) is 0 Å². The van der Waals surface area contributed by atoms with Gasteiger partial charge in [-0.05, 0) is 32.0 Å². The monoisotopic (exact) mass is 208 g/mol. The molecule has 3 heteroatoms. The third-order valence-electron chi connectivity index (χ3n) is 2.20. The van der Waals surface area contributed by atoms with Crippen molar-refractivity contribution in [3.05, 3.63) is 28.8 Å². The second-order valence-electron chi connectivity index (χ2n) is 2.95. The fraction of sp³-hybridized carbons (Fsp3) is 0.364. The van der Waals surface area contributed by atoms with Crippen LogP contribution >= 0.6 is 11.6 Å². The molecule has 0 bridgehead atoms. The highest BCUT2D eigenvalue weighted by atomic mass is 35.5. The Hall–Kier alpha value is -1.20. The third kappa shape index (κ3) is 2.18. The van der Waals surface area contributed by atoms with Crippen LogP contribution in [-0.2, 0) is 0 Å². The molecule has 1 rings (SSSR count). The summed E-state index contributed by atoms with van der Waals surface area (Å²) in [6, 6.07) is 7.58. The fourth-order valence-corrected chi connectivity index (χ4v) is 1.60. The topological polar surface area (TPSA) is 27.0 Å². The van der Waals surface area contributed by atoms with E-state index in [0.717, 1.165) is 18.8 Å². The molecule has 0 unspecified atom stereocenters. The Bertz CT molecular complexity index is 351. The Morgan fingerprint density at radius 3 is 2.43 bits per heavy atom. The first-order valence-corrected chi connectivity index (χ1v) is 5.05. The lowest BCUT2D eigenvalue weighted by atomic mass is 10.2. The van der Waals surface area contributed by atoms with Crippen LogP contribution in [0.1, 0.15) is 19.4 Å². The van der Waals surface area contributed by atoms with Crippen LogP contribution in [0, 0.1) is 11.3 Å². The van der Waals surface area contributed by atoms with Crippen molar-refractivity contribution in [2.75, 3.05) is 18.0 Å². The molecule has 74 valence electrons. The maximum Gasteiger partial charge on any atom is 0.101 e. The minimum Gasteiger partial charge on any atom is -0.372 e. The van der Waals surface area contributed by atoms with E-state index in [9.17, 15) is 0 Å². The summed E-state index contributed by atoms with van der Waals surface area (Å²) in [5.74, 6) is 0. The van der Waals surface area contributed by atoms with Gasteiger partial charge in [0.2, 0.25) is 0 Å². The molecule has 1 aromatic rings. The summed E-state index contributed by atoms with van der Waals surface area (Å²) >= 11 is 5.94. The quantitative estimate of drug-likeness (QED) is 0.764. The molecular weight excluding hydrogens is 196 g/mol. The van der Waals surface area contributed by atoms with Crippen molar-refractivity contribution in [3.8, 4) is 6.07 Å². The third-order valence-corrected chi connectivity index (χ3v) is 2.51. The van der Waals surface area contributed by atoms with E-state index in [-0.39, 0.29) is 0 Å². The molecule has 0 saturated carbocycles. The SMILES string of the molecule is CCN(CC)c1ccc(C#N)c(Cl)c1. The molecule has 0 spiro atoms. The van der Waals surface area contributed by atoms with E-state index in [1.54, 1.807) is 6.07 Å². The molecule has 0 saturated heterocycles. The van der Waals surface area contributed by atoms with Crippen molar-refractivity contribution < 1.29 is 0 Å². The highest BCUT2D eigenvalue weighted by molar-refractivity contribution is 6.32. The van der Waals surface area contributed by atoms with Gasteiger partial charge >= 0.3 is 0 Å². The largest absolute Gasteiger partial charge is 0.372 e. The normalized spacial score (nSPS) is 9.57. The standard InChI is InChI=1S/C11H13ClN2/c1-3-14(4-2)10-6-5-9(8-13)11(12)7-10/h5-7H,3-4H2,1-2H3. The smallest absolute Gasteiger partial charge is 0.101 e. The molecule has 0 aliphatic heterocycles. The maximum absolute atomic E-state index is 8.71. The average molecular weight is 209 g/mol. The number of anilines is 1. The van der Waals surface area contributed by atoms with Crippen LogP contribution < -0.4 is 4.90 Å². The number of hydrogen-bond acceptors (Lipinski definition) is 2. The lowest BCUT2D eigenvalue weighted by molar-refractivity contribution is 0.866. The summed E-state index contributed by atoms with van der Waals surface area (Å²) in [6.07, 6.45) is 0. The predicted molar refractivity (Wildman–Crippen MR) is 59.7 cm³/mol. The van der Waals surface area contributed by atoms with Crippen LogP contribution in [0.15, 0.2) is 18.2 Å². The molecule has 0 N–H and O–H groups in total. The first-order valence-electron chi connectivity index (χ1n) is 4.67. The molecule has 0 amide bonds. The molecule has 14 heavy (non-hydrogen) atoms. The lowest BCUT2D eigenvalue weighted by Crippen LogP contribution is -2.21. The predicted octanol–water partition coefficient (Wildman–Crippen LogP) is 3.06. The van der Waals surface area contributed by atoms with Crippen LogP contribution in [0.5, 0.6) is 0 Å². The molecule has 0 radical (unpaired) electrons. The summed E-state index contributed by atoms with van der Waals surface area (Å²) in [5.41, 5.74) is 1.60. The van der Waals surface area contributed by atoms with Crippen molar-refractivity contribution in [1.29, 1.82) is 5.26 Å². The summed E-state index contributed by atoms with van der Waals surface area (Å²) in [6.45, 7) is 6.07.